The Kier molecular flexibility index (Phi) is 8.10. The van der Waals surface area contributed by atoms with Crippen LogP contribution in [0.1, 0.15) is 57.1 Å². The van der Waals surface area contributed by atoms with Gasteiger partial charge in [0.25, 0.3) is 0 Å². The van der Waals surface area contributed by atoms with Crippen LogP contribution >= 0.6 is 0 Å². The number of carbonyl (C=O) groups is 2. The van der Waals surface area contributed by atoms with E-state index in [1.165, 1.54) is 17.0 Å². The Hall–Kier alpha value is -2.07. The van der Waals surface area contributed by atoms with Crippen molar-refractivity contribution in [2.75, 3.05) is 18.8 Å². The maximum atomic E-state index is 14.3. The van der Waals surface area contributed by atoms with Crippen LogP contribution in [0.15, 0.2) is 18.2 Å². The molecule has 176 valence electrons. The molecule has 1 aromatic carbocycles. The fourth-order valence-electron chi connectivity index (χ4n) is 3.67. The smallest absolute Gasteiger partial charge is 0.324 e. The second-order valence-corrected chi connectivity index (χ2v) is 10.6. The van der Waals surface area contributed by atoms with Crippen LogP contribution in [0.2, 0.25) is 0 Å². The molecule has 1 saturated heterocycles. The Labute approximate surface area is 196 Å². The Bertz CT molecular complexity index is 988. The van der Waals surface area contributed by atoms with Gasteiger partial charge in [-0.3, -0.25) is 10.1 Å². The van der Waals surface area contributed by atoms with Gasteiger partial charge in [-0.05, 0) is 55.7 Å². The second kappa shape index (κ2) is 10.5. The summed E-state index contributed by atoms with van der Waals surface area (Å²) in [5.74, 6) is -0.769. The van der Waals surface area contributed by atoms with Gasteiger partial charge in [0.1, 0.15) is 33.8 Å². The number of amides is 3. The van der Waals surface area contributed by atoms with E-state index in [0.29, 0.717) is 37.8 Å². The lowest BCUT2D eigenvalue weighted by Crippen LogP contribution is -2.36. The Morgan fingerprint density at radius 3 is 2.58 bits per heavy atom. The number of hydrogen-bond acceptors (Lipinski definition) is 5. The number of unbranched alkanes of at least 4 members (excludes halogenated alkanes) is 2. The molecule has 2 N–H and O–H groups in total. The van der Waals surface area contributed by atoms with Crippen LogP contribution in [0.5, 0.6) is 5.75 Å². The van der Waals surface area contributed by atoms with Gasteiger partial charge in [0, 0.05) is 24.1 Å². The molecule has 33 heavy (non-hydrogen) atoms. The molecule has 8 nitrogen and oxygen atoms in total. The summed E-state index contributed by atoms with van der Waals surface area (Å²) >= 11 is 0. The predicted octanol–water partition coefficient (Wildman–Crippen LogP) is 1.70. The van der Waals surface area contributed by atoms with Gasteiger partial charge >= 0.3 is 6.03 Å². The minimum Gasteiger partial charge on any atom is -0.507 e. The van der Waals surface area contributed by atoms with Crippen LogP contribution in [0, 0.1) is 11.7 Å². The minimum absolute atomic E-state index is 0.0365. The molecule has 4 radical (unpaired) electrons. The predicted molar refractivity (Wildman–Crippen MR) is 123 cm³/mol. The molecule has 1 aliphatic carbocycles. The number of carbonyl (C=O) groups excluding carboxylic acids is 2. The van der Waals surface area contributed by atoms with Gasteiger partial charge in [-0.1, -0.05) is 13.3 Å². The lowest BCUT2D eigenvalue weighted by molar-refractivity contribution is -0.118. The molecule has 1 atom stereocenters. The maximum absolute atomic E-state index is 14.3. The number of halogens is 1. The van der Waals surface area contributed by atoms with Crippen LogP contribution < -0.4 is 14.8 Å². The van der Waals surface area contributed by atoms with Crippen molar-refractivity contribution in [3.8, 4) is 5.75 Å². The lowest BCUT2D eigenvalue weighted by atomic mass is 9.63. The Morgan fingerprint density at radius 1 is 1.24 bits per heavy atom. The summed E-state index contributed by atoms with van der Waals surface area (Å²) in [5, 5.41) is 0.746. The van der Waals surface area contributed by atoms with E-state index in [0.717, 1.165) is 12.8 Å². The molecule has 3 amide bonds. The van der Waals surface area contributed by atoms with Crippen molar-refractivity contribution < 1.29 is 27.1 Å². The third-order valence-corrected chi connectivity index (χ3v) is 7.16. The number of ether oxygens (including phenoxy) is 1. The molecule has 12 heteroatoms. The van der Waals surface area contributed by atoms with Gasteiger partial charge in [-0.25, -0.2) is 22.3 Å². The van der Waals surface area contributed by atoms with Crippen molar-refractivity contribution in [2.45, 2.75) is 56.9 Å². The summed E-state index contributed by atoms with van der Waals surface area (Å²) < 4.78 is 47.9. The molecule has 0 bridgehead atoms. The molecule has 2 fully saturated rings. The molecule has 0 spiro atoms. The first kappa shape index (κ1) is 25.6. The average Bonchev–Trinajstić information content (AvgIpc) is 3.50. The number of nitrogens with one attached hydrogen (secondary N) is 2. The van der Waals surface area contributed by atoms with E-state index in [9.17, 15) is 22.4 Å². The number of urea groups is 1. The van der Waals surface area contributed by atoms with E-state index in [1.54, 1.807) is 13.0 Å². The zero-order valence-corrected chi connectivity index (χ0v) is 19.5. The van der Waals surface area contributed by atoms with Crippen LogP contribution in [-0.2, 0) is 14.8 Å². The van der Waals surface area contributed by atoms with Gasteiger partial charge in [-0.15, -0.1) is 0 Å². The number of rotatable bonds is 13. The zero-order chi connectivity index (χ0) is 24.2. The summed E-state index contributed by atoms with van der Waals surface area (Å²) in [5.41, 5.74) is 0.465. The van der Waals surface area contributed by atoms with E-state index in [-0.39, 0.29) is 29.9 Å². The van der Waals surface area contributed by atoms with Crippen molar-refractivity contribution >= 4 is 37.7 Å². The number of imide groups is 1. The summed E-state index contributed by atoms with van der Waals surface area (Å²) in [6, 6.07) is 3.04. The highest BCUT2D eigenvalue weighted by atomic mass is 32.2. The monoisotopic (exact) mass is 475 g/mol. The molecule has 1 aromatic rings. The fourth-order valence-corrected chi connectivity index (χ4v) is 5.09. The van der Waals surface area contributed by atoms with Crippen molar-refractivity contribution in [3.05, 3.63) is 29.6 Å². The van der Waals surface area contributed by atoms with Gasteiger partial charge in [-0.2, -0.15) is 0 Å². The van der Waals surface area contributed by atoms with E-state index < -0.39 is 33.3 Å². The standard InChI is InChI=1S/C21H28B2FN3O5S/c1-2-21(22,23)32-17-11-15(10-16(24)12-17)19(14-6-7-14)26-33(30,31)9-5-3-4-8-27-13-18(28)25-20(27)29/h10-12,14,19,26H,2-9,13H2,1H3,(H,25,28,29). The molecular formula is C21H28B2FN3O5S. The fraction of sp³-hybridized carbons (Fsp3) is 0.619. The van der Waals surface area contributed by atoms with Gasteiger partial charge < -0.3 is 9.64 Å². The number of benzene rings is 1. The van der Waals surface area contributed by atoms with Crippen molar-refractivity contribution in [2.24, 2.45) is 5.92 Å². The van der Waals surface area contributed by atoms with Crippen LogP contribution in [0.25, 0.3) is 0 Å². The third kappa shape index (κ3) is 7.74. The van der Waals surface area contributed by atoms with E-state index >= 15 is 0 Å². The van der Waals surface area contributed by atoms with Crippen molar-refractivity contribution in [3.63, 3.8) is 0 Å². The molecule has 0 aromatic heterocycles. The largest absolute Gasteiger partial charge is 0.507 e. The summed E-state index contributed by atoms with van der Waals surface area (Å²) in [7, 11) is 8.00. The first-order chi connectivity index (χ1) is 15.5. The highest BCUT2D eigenvalue weighted by Crippen LogP contribution is 2.42. The molecule has 1 aliphatic heterocycles. The zero-order valence-electron chi connectivity index (χ0n) is 18.7. The Morgan fingerprint density at radius 2 is 1.97 bits per heavy atom. The normalized spacial score (nSPS) is 17.8. The molecule has 1 saturated carbocycles. The molecule has 2 aliphatic rings. The highest BCUT2D eigenvalue weighted by molar-refractivity contribution is 7.89. The summed E-state index contributed by atoms with van der Waals surface area (Å²) in [6.07, 6.45) is 3.54. The Balaban J connectivity index is 1.56. The second-order valence-electron chi connectivity index (χ2n) is 8.72. The lowest BCUT2D eigenvalue weighted by Gasteiger charge is -2.27. The quantitative estimate of drug-likeness (QED) is 0.257. The number of nitrogens with zero attached hydrogens (tertiary/aromatic N) is 1. The minimum atomic E-state index is -3.63. The van der Waals surface area contributed by atoms with Crippen LogP contribution in [0.4, 0.5) is 9.18 Å². The maximum Gasteiger partial charge on any atom is 0.324 e. The molecule has 3 rings (SSSR count). The van der Waals surface area contributed by atoms with Gasteiger partial charge in [0.15, 0.2) is 0 Å². The van der Waals surface area contributed by atoms with E-state index in [2.05, 4.69) is 10.0 Å². The third-order valence-electron chi connectivity index (χ3n) is 5.72. The summed E-state index contributed by atoms with van der Waals surface area (Å²) in [4.78, 5) is 24.1. The van der Waals surface area contributed by atoms with E-state index in [4.69, 9.17) is 20.4 Å². The number of sulfonamides is 1. The number of hydrogen-bond donors (Lipinski definition) is 2. The van der Waals surface area contributed by atoms with Crippen molar-refractivity contribution in [1.29, 1.82) is 0 Å². The topological polar surface area (TPSA) is 105 Å². The SMILES string of the molecule is [B]C([B])(CC)Oc1cc(F)cc(C(NS(=O)(=O)CCCCCN2CC(=O)NC2=O)C2CC2)c1. The van der Waals surface area contributed by atoms with Crippen molar-refractivity contribution in [1.82, 2.24) is 14.9 Å². The highest BCUT2D eigenvalue weighted by Gasteiger charge is 2.35. The average molecular weight is 475 g/mol. The molecule has 1 unspecified atom stereocenters. The molecule has 1 heterocycles. The van der Waals surface area contributed by atoms with Crippen LogP contribution in [0.3, 0.4) is 0 Å². The first-order valence-corrected chi connectivity index (χ1v) is 12.8. The molecular weight excluding hydrogens is 447 g/mol. The summed E-state index contributed by atoms with van der Waals surface area (Å²) in [6.45, 7) is 2.17. The van der Waals surface area contributed by atoms with Gasteiger partial charge in [0.2, 0.25) is 15.9 Å². The van der Waals surface area contributed by atoms with E-state index in [1.807, 2.05) is 0 Å². The first-order valence-electron chi connectivity index (χ1n) is 11.1. The van der Waals surface area contributed by atoms with Crippen LogP contribution in [-0.4, -0.2) is 65.2 Å². The van der Waals surface area contributed by atoms with Gasteiger partial charge in [0.05, 0.1) is 5.75 Å².